The van der Waals surface area contributed by atoms with Crippen LogP contribution >= 0.6 is 0 Å². The third-order valence-corrected chi connectivity index (χ3v) is 1.22. The molecule has 4 nitrogen and oxygen atoms in total. The highest BCUT2D eigenvalue weighted by molar-refractivity contribution is 5.72. The molecule has 1 heterocycles. The molecule has 0 bridgehead atoms. The van der Waals surface area contributed by atoms with Crippen LogP contribution in [0.15, 0.2) is 24.3 Å². The predicted octanol–water partition coefficient (Wildman–Crippen LogP) is 1.33. The van der Waals surface area contributed by atoms with Gasteiger partial charge in [-0.05, 0) is 12.1 Å². The summed E-state index contributed by atoms with van der Waals surface area (Å²) in [6, 6.07) is 7.70. The smallest absolute Gasteiger partial charge is 0.112 e. The van der Waals surface area contributed by atoms with Crippen molar-refractivity contribution >= 4 is 11.0 Å². The molecular weight excluding hydrogens is 128 g/mol. The van der Waals surface area contributed by atoms with Gasteiger partial charge in [-0.3, -0.25) is 0 Å². The fraction of sp³-hybridized carbons (Fsp3) is 0. The summed E-state index contributed by atoms with van der Waals surface area (Å²) >= 11 is 0. The third kappa shape index (κ3) is 0.844. The van der Waals surface area contributed by atoms with Crippen molar-refractivity contribution in [1.29, 1.82) is 0 Å². The van der Waals surface area contributed by atoms with Gasteiger partial charge in [0.15, 0.2) is 0 Å². The van der Waals surface area contributed by atoms with Crippen LogP contribution in [-0.2, 0) is 0 Å². The van der Waals surface area contributed by atoms with E-state index in [0.717, 1.165) is 11.0 Å². The molecule has 1 aromatic heterocycles. The van der Waals surface area contributed by atoms with E-state index in [1.165, 1.54) is 0 Å². The Hall–Kier alpha value is -1.42. The van der Waals surface area contributed by atoms with E-state index in [9.17, 15) is 0 Å². The lowest BCUT2D eigenvalue weighted by Crippen LogP contribution is -1.63. The van der Waals surface area contributed by atoms with Gasteiger partial charge < -0.3 is 6.15 Å². The minimum Gasteiger partial charge on any atom is -0.369 e. The molecule has 52 valence electrons. The molecule has 2 rings (SSSR count). The summed E-state index contributed by atoms with van der Waals surface area (Å²) in [5.74, 6) is 0. The van der Waals surface area contributed by atoms with E-state index in [-0.39, 0.29) is 6.15 Å². The largest absolute Gasteiger partial charge is 0.369 e. The van der Waals surface area contributed by atoms with Crippen molar-refractivity contribution in [2.45, 2.75) is 0 Å². The number of para-hydroxylation sites is 2. The maximum absolute atomic E-state index is 3.88. The van der Waals surface area contributed by atoms with E-state index in [4.69, 9.17) is 0 Å². The summed E-state index contributed by atoms with van der Waals surface area (Å²) in [6.07, 6.45) is 0. The van der Waals surface area contributed by atoms with Crippen LogP contribution in [0.1, 0.15) is 0 Å². The van der Waals surface area contributed by atoms with Crippen LogP contribution in [0.4, 0.5) is 0 Å². The van der Waals surface area contributed by atoms with Crippen molar-refractivity contribution in [2.24, 2.45) is 0 Å². The number of nitrogens with one attached hydrogen (secondary N) is 1. The number of aromatic nitrogens is 3. The Morgan fingerprint density at radius 2 is 1.50 bits per heavy atom. The highest BCUT2D eigenvalue weighted by atomic mass is 15.3. The summed E-state index contributed by atoms with van der Waals surface area (Å²) in [5, 5.41) is 10.3. The molecule has 0 spiro atoms. The van der Waals surface area contributed by atoms with E-state index < -0.39 is 0 Å². The topological polar surface area (TPSA) is 78.1 Å². The molecule has 0 amide bonds. The number of benzene rings is 1. The SMILES string of the molecule is [NH4+].c1ccc2n[nH]nc2c1. The number of H-pyrrole nitrogens is 1. The normalized spacial score (nSPS) is 9.20. The maximum atomic E-state index is 3.88. The number of rotatable bonds is 0. The van der Waals surface area contributed by atoms with Crippen LogP contribution in [-0.4, -0.2) is 15.4 Å². The zero-order chi connectivity index (χ0) is 6.10. The number of quaternary nitrogens is 1. The molecule has 0 saturated carbocycles. The van der Waals surface area contributed by atoms with Crippen molar-refractivity contribution in [3.05, 3.63) is 24.3 Å². The van der Waals surface area contributed by atoms with E-state index in [2.05, 4.69) is 15.4 Å². The first-order valence-electron chi connectivity index (χ1n) is 2.72. The van der Waals surface area contributed by atoms with E-state index in [0.29, 0.717) is 0 Å². The van der Waals surface area contributed by atoms with Crippen molar-refractivity contribution < 1.29 is 0 Å². The molecule has 0 unspecified atom stereocenters. The Balaban J connectivity index is 0.000000500. The third-order valence-electron chi connectivity index (χ3n) is 1.22. The molecule has 0 aliphatic carbocycles. The molecule has 0 radical (unpaired) electrons. The van der Waals surface area contributed by atoms with Crippen LogP contribution in [0, 0.1) is 0 Å². The van der Waals surface area contributed by atoms with Crippen molar-refractivity contribution in [1.82, 2.24) is 21.6 Å². The summed E-state index contributed by atoms with van der Waals surface area (Å²) < 4.78 is 0. The molecule has 0 aliphatic heterocycles. The molecule has 1 aromatic carbocycles. The Morgan fingerprint density at radius 3 is 2.00 bits per heavy atom. The molecular formula is C6H9N4+. The molecule has 0 fully saturated rings. The van der Waals surface area contributed by atoms with E-state index in [1.807, 2.05) is 24.3 Å². The van der Waals surface area contributed by atoms with Crippen LogP contribution in [0.25, 0.3) is 11.0 Å². The van der Waals surface area contributed by atoms with Crippen LogP contribution in [0.3, 0.4) is 0 Å². The second kappa shape index (κ2) is 2.45. The monoisotopic (exact) mass is 137 g/mol. The average Bonchev–Trinajstić information content (AvgIpc) is 2.33. The van der Waals surface area contributed by atoms with Crippen LogP contribution in [0.2, 0.25) is 0 Å². The first kappa shape index (κ1) is 6.70. The lowest BCUT2D eigenvalue weighted by Gasteiger charge is -1.78. The molecule has 5 N–H and O–H groups in total. The quantitative estimate of drug-likeness (QED) is 0.574. The zero-order valence-corrected chi connectivity index (χ0v) is 5.70. The second-order valence-electron chi connectivity index (χ2n) is 1.81. The van der Waals surface area contributed by atoms with Gasteiger partial charge in [-0.15, -0.1) is 0 Å². The first-order chi connectivity index (χ1) is 4.47. The van der Waals surface area contributed by atoms with Gasteiger partial charge >= 0.3 is 0 Å². The van der Waals surface area contributed by atoms with Gasteiger partial charge in [0.2, 0.25) is 0 Å². The Morgan fingerprint density at radius 1 is 1.00 bits per heavy atom. The molecule has 2 aromatic rings. The standard InChI is InChI=1S/C6H5N3.H3N/c1-2-4-6-5(3-1)7-9-8-6;/h1-4H,(H,7,8,9);1H3/p+1. The summed E-state index contributed by atoms with van der Waals surface area (Å²) in [6.45, 7) is 0. The predicted molar refractivity (Wildman–Crippen MR) is 39.9 cm³/mol. The average molecular weight is 137 g/mol. The van der Waals surface area contributed by atoms with Crippen molar-refractivity contribution in [3.8, 4) is 0 Å². The highest BCUT2D eigenvalue weighted by Gasteiger charge is 1.90. The Labute approximate surface area is 57.8 Å². The summed E-state index contributed by atoms with van der Waals surface area (Å²) in [5.41, 5.74) is 1.83. The molecule has 0 saturated heterocycles. The maximum Gasteiger partial charge on any atom is 0.112 e. The van der Waals surface area contributed by atoms with Gasteiger partial charge in [-0.25, -0.2) is 0 Å². The van der Waals surface area contributed by atoms with Crippen molar-refractivity contribution in [2.75, 3.05) is 0 Å². The molecule has 4 heteroatoms. The number of aromatic amines is 1. The number of fused-ring (bicyclic) bond motifs is 1. The Kier molecular flexibility index (Phi) is 1.64. The minimum absolute atomic E-state index is 0. The number of hydrogen-bond donors (Lipinski definition) is 2. The molecule has 0 atom stereocenters. The van der Waals surface area contributed by atoms with Gasteiger partial charge in [-0.2, -0.15) is 15.4 Å². The summed E-state index contributed by atoms with van der Waals surface area (Å²) in [4.78, 5) is 0. The lowest BCUT2D eigenvalue weighted by atomic mass is 10.3. The first-order valence-corrected chi connectivity index (χ1v) is 2.72. The van der Waals surface area contributed by atoms with E-state index in [1.54, 1.807) is 0 Å². The lowest BCUT2D eigenvalue weighted by molar-refractivity contribution is 0.959. The number of hydrogen-bond acceptors (Lipinski definition) is 2. The van der Waals surface area contributed by atoms with Gasteiger partial charge in [0.25, 0.3) is 0 Å². The van der Waals surface area contributed by atoms with Gasteiger partial charge in [-0.1, -0.05) is 12.1 Å². The van der Waals surface area contributed by atoms with Crippen LogP contribution < -0.4 is 6.15 Å². The summed E-state index contributed by atoms with van der Waals surface area (Å²) in [7, 11) is 0. The molecule has 0 aliphatic rings. The fourth-order valence-corrected chi connectivity index (χ4v) is 0.786. The number of nitrogens with zero attached hydrogens (tertiary/aromatic N) is 2. The minimum atomic E-state index is 0. The van der Waals surface area contributed by atoms with E-state index >= 15 is 0 Å². The highest BCUT2D eigenvalue weighted by Crippen LogP contribution is 2.03. The molecule has 10 heavy (non-hydrogen) atoms. The Bertz CT molecular complexity index is 284. The zero-order valence-electron chi connectivity index (χ0n) is 5.70. The van der Waals surface area contributed by atoms with Crippen LogP contribution in [0.5, 0.6) is 0 Å². The second-order valence-corrected chi connectivity index (χ2v) is 1.81. The van der Waals surface area contributed by atoms with Gasteiger partial charge in [0.05, 0.1) is 0 Å². The van der Waals surface area contributed by atoms with Crippen molar-refractivity contribution in [3.63, 3.8) is 0 Å². The fourth-order valence-electron chi connectivity index (χ4n) is 0.786. The van der Waals surface area contributed by atoms with Gasteiger partial charge in [0, 0.05) is 0 Å². The van der Waals surface area contributed by atoms with Gasteiger partial charge in [0.1, 0.15) is 11.0 Å².